The number of hydrogen-bond donors (Lipinski definition) is 1. The normalized spacial score (nSPS) is 13.9. The maximum absolute atomic E-state index is 13.1. The van der Waals surface area contributed by atoms with E-state index in [-0.39, 0.29) is 5.82 Å². The summed E-state index contributed by atoms with van der Waals surface area (Å²) in [5.41, 5.74) is 5.11. The topological polar surface area (TPSA) is 12.0 Å². The van der Waals surface area contributed by atoms with Gasteiger partial charge in [0.2, 0.25) is 0 Å². The molecular weight excluding hydrogens is 237 g/mol. The SMILES string of the molecule is Fc1cccc(CNc2cccc3c2CCCC3)c1. The van der Waals surface area contributed by atoms with Crippen LogP contribution in [-0.2, 0) is 19.4 Å². The number of anilines is 1. The number of halogens is 1. The highest BCUT2D eigenvalue weighted by atomic mass is 19.1. The van der Waals surface area contributed by atoms with Crippen molar-refractivity contribution in [1.82, 2.24) is 0 Å². The lowest BCUT2D eigenvalue weighted by molar-refractivity contribution is 0.626. The monoisotopic (exact) mass is 255 g/mol. The molecule has 2 aromatic carbocycles. The zero-order valence-electron chi connectivity index (χ0n) is 11.0. The molecule has 98 valence electrons. The van der Waals surface area contributed by atoms with Crippen LogP contribution >= 0.6 is 0 Å². The van der Waals surface area contributed by atoms with E-state index in [0.29, 0.717) is 6.54 Å². The predicted molar refractivity (Wildman–Crippen MR) is 76.8 cm³/mol. The zero-order valence-corrected chi connectivity index (χ0v) is 11.0. The van der Waals surface area contributed by atoms with Crippen LogP contribution < -0.4 is 5.32 Å². The van der Waals surface area contributed by atoms with Gasteiger partial charge in [-0.15, -0.1) is 0 Å². The van der Waals surface area contributed by atoms with Crippen molar-refractivity contribution in [2.24, 2.45) is 0 Å². The van der Waals surface area contributed by atoms with E-state index in [9.17, 15) is 4.39 Å². The second kappa shape index (κ2) is 5.43. The van der Waals surface area contributed by atoms with E-state index in [0.717, 1.165) is 12.0 Å². The Morgan fingerprint density at radius 3 is 2.74 bits per heavy atom. The van der Waals surface area contributed by atoms with Crippen molar-refractivity contribution in [2.45, 2.75) is 32.2 Å². The first-order chi connectivity index (χ1) is 9.33. The quantitative estimate of drug-likeness (QED) is 0.861. The van der Waals surface area contributed by atoms with E-state index in [1.165, 1.54) is 42.1 Å². The van der Waals surface area contributed by atoms with Crippen molar-refractivity contribution in [2.75, 3.05) is 5.32 Å². The predicted octanol–water partition coefficient (Wildman–Crippen LogP) is 4.32. The summed E-state index contributed by atoms with van der Waals surface area (Å²) in [6.45, 7) is 0.675. The minimum atomic E-state index is -0.172. The molecule has 0 heterocycles. The summed E-state index contributed by atoms with van der Waals surface area (Å²) >= 11 is 0. The highest BCUT2D eigenvalue weighted by molar-refractivity contribution is 5.55. The molecule has 3 rings (SSSR count). The van der Waals surface area contributed by atoms with E-state index >= 15 is 0 Å². The summed E-state index contributed by atoms with van der Waals surface area (Å²) in [4.78, 5) is 0. The van der Waals surface area contributed by atoms with Gasteiger partial charge < -0.3 is 5.32 Å². The van der Waals surface area contributed by atoms with Gasteiger partial charge in [-0.25, -0.2) is 4.39 Å². The smallest absolute Gasteiger partial charge is 0.123 e. The van der Waals surface area contributed by atoms with Gasteiger partial charge in [-0.2, -0.15) is 0 Å². The first kappa shape index (κ1) is 12.2. The fraction of sp³-hybridized carbons (Fsp3) is 0.294. The van der Waals surface area contributed by atoms with Crippen molar-refractivity contribution >= 4 is 5.69 Å². The highest BCUT2D eigenvalue weighted by Gasteiger charge is 2.12. The number of aryl methyl sites for hydroxylation is 1. The lowest BCUT2D eigenvalue weighted by atomic mass is 9.90. The van der Waals surface area contributed by atoms with Gasteiger partial charge in [0.25, 0.3) is 0 Å². The van der Waals surface area contributed by atoms with Gasteiger partial charge in [0.15, 0.2) is 0 Å². The van der Waals surface area contributed by atoms with Gasteiger partial charge in [0.1, 0.15) is 5.82 Å². The molecule has 1 aliphatic carbocycles. The van der Waals surface area contributed by atoms with Crippen LogP contribution in [0.1, 0.15) is 29.5 Å². The lowest BCUT2D eigenvalue weighted by Gasteiger charge is -2.20. The molecule has 0 radical (unpaired) electrons. The van der Waals surface area contributed by atoms with E-state index in [4.69, 9.17) is 0 Å². The fourth-order valence-electron chi connectivity index (χ4n) is 2.79. The maximum atomic E-state index is 13.1. The molecule has 0 amide bonds. The molecule has 0 atom stereocenters. The standard InChI is InChI=1S/C17H18FN/c18-15-8-3-5-13(11-15)12-19-17-10-4-7-14-6-1-2-9-16(14)17/h3-5,7-8,10-11,19H,1-2,6,9,12H2. The van der Waals surface area contributed by atoms with E-state index < -0.39 is 0 Å². The summed E-state index contributed by atoms with van der Waals surface area (Å²) in [7, 11) is 0. The molecule has 0 bridgehead atoms. The number of benzene rings is 2. The Kier molecular flexibility index (Phi) is 3.49. The van der Waals surface area contributed by atoms with Crippen LogP contribution in [-0.4, -0.2) is 0 Å². The molecule has 19 heavy (non-hydrogen) atoms. The van der Waals surface area contributed by atoms with Crippen LogP contribution in [0.15, 0.2) is 42.5 Å². The van der Waals surface area contributed by atoms with Crippen molar-refractivity contribution in [3.8, 4) is 0 Å². The maximum Gasteiger partial charge on any atom is 0.123 e. The Morgan fingerprint density at radius 2 is 1.84 bits per heavy atom. The Labute approximate surface area is 113 Å². The molecule has 0 spiro atoms. The van der Waals surface area contributed by atoms with Crippen LogP contribution in [0.4, 0.5) is 10.1 Å². The summed E-state index contributed by atoms with van der Waals surface area (Å²) in [5.74, 6) is -0.172. The third-order valence-corrected chi connectivity index (χ3v) is 3.77. The first-order valence-corrected chi connectivity index (χ1v) is 6.92. The number of nitrogens with one attached hydrogen (secondary N) is 1. The van der Waals surface area contributed by atoms with Crippen LogP contribution in [0.2, 0.25) is 0 Å². The Morgan fingerprint density at radius 1 is 1.00 bits per heavy atom. The molecule has 1 aliphatic rings. The molecule has 0 unspecified atom stereocenters. The summed E-state index contributed by atoms with van der Waals surface area (Å²) < 4.78 is 13.1. The molecule has 0 saturated heterocycles. The Balaban J connectivity index is 1.77. The van der Waals surface area contributed by atoms with Gasteiger partial charge >= 0.3 is 0 Å². The minimum absolute atomic E-state index is 0.172. The van der Waals surface area contributed by atoms with Crippen LogP contribution in [0.25, 0.3) is 0 Å². The zero-order chi connectivity index (χ0) is 13.1. The van der Waals surface area contributed by atoms with Gasteiger partial charge in [-0.3, -0.25) is 0 Å². The summed E-state index contributed by atoms with van der Waals surface area (Å²) in [6.07, 6.45) is 4.90. The second-order valence-electron chi connectivity index (χ2n) is 5.13. The van der Waals surface area contributed by atoms with Crippen molar-refractivity contribution in [1.29, 1.82) is 0 Å². The van der Waals surface area contributed by atoms with Gasteiger partial charge in [0, 0.05) is 12.2 Å². The van der Waals surface area contributed by atoms with Crippen molar-refractivity contribution < 1.29 is 4.39 Å². The molecule has 2 heteroatoms. The number of hydrogen-bond acceptors (Lipinski definition) is 1. The minimum Gasteiger partial charge on any atom is -0.381 e. The molecule has 0 aliphatic heterocycles. The average molecular weight is 255 g/mol. The second-order valence-corrected chi connectivity index (χ2v) is 5.13. The largest absolute Gasteiger partial charge is 0.381 e. The molecule has 0 aromatic heterocycles. The van der Waals surface area contributed by atoms with Crippen molar-refractivity contribution in [3.63, 3.8) is 0 Å². The van der Waals surface area contributed by atoms with Crippen LogP contribution in [0, 0.1) is 5.82 Å². The third-order valence-electron chi connectivity index (χ3n) is 3.77. The molecule has 2 aromatic rings. The van der Waals surface area contributed by atoms with Crippen LogP contribution in [0.3, 0.4) is 0 Å². The lowest BCUT2D eigenvalue weighted by Crippen LogP contribution is -2.08. The van der Waals surface area contributed by atoms with Crippen LogP contribution in [0.5, 0.6) is 0 Å². The van der Waals surface area contributed by atoms with Gasteiger partial charge in [0.05, 0.1) is 0 Å². The average Bonchev–Trinajstić information content (AvgIpc) is 2.45. The molecule has 0 saturated carbocycles. The molecule has 1 N–H and O–H groups in total. The number of fused-ring (bicyclic) bond motifs is 1. The fourth-order valence-corrected chi connectivity index (χ4v) is 2.79. The molecule has 1 nitrogen and oxygen atoms in total. The van der Waals surface area contributed by atoms with Gasteiger partial charge in [-0.05, 0) is 60.6 Å². The summed E-state index contributed by atoms with van der Waals surface area (Å²) in [6, 6.07) is 13.2. The van der Waals surface area contributed by atoms with E-state index in [1.54, 1.807) is 12.1 Å². The number of rotatable bonds is 3. The first-order valence-electron chi connectivity index (χ1n) is 6.92. The molecular formula is C17H18FN. The van der Waals surface area contributed by atoms with Crippen molar-refractivity contribution in [3.05, 3.63) is 65.0 Å². The Bertz CT molecular complexity index is 577. The Hall–Kier alpha value is -1.83. The molecule has 0 fully saturated rings. The van der Waals surface area contributed by atoms with Gasteiger partial charge in [-0.1, -0.05) is 24.3 Å². The highest BCUT2D eigenvalue weighted by Crippen LogP contribution is 2.28. The van der Waals surface area contributed by atoms with E-state index in [2.05, 4.69) is 23.5 Å². The third kappa shape index (κ3) is 2.78. The summed E-state index contributed by atoms with van der Waals surface area (Å²) in [5, 5.41) is 3.45. The van der Waals surface area contributed by atoms with E-state index in [1.807, 2.05) is 6.07 Å².